The number of rotatable bonds is 11. The molecule has 0 spiro atoms. The molecule has 4 amide bonds. The van der Waals surface area contributed by atoms with Crippen LogP contribution in [0.3, 0.4) is 0 Å². The van der Waals surface area contributed by atoms with Gasteiger partial charge in [0.25, 0.3) is 11.8 Å². The Balaban J connectivity index is 1.53. The largest absolute Gasteiger partial charge is 0.342 e. The minimum atomic E-state index is -1.01. The number of hydrogen-bond acceptors (Lipinski definition) is 5. The first-order valence-electron chi connectivity index (χ1n) is 13.0. The van der Waals surface area contributed by atoms with Gasteiger partial charge in [-0.15, -0.1) is 0 Å². The summed E-state index contributed by atoms with van der Waals surface area (Å²) in [6.07, 6.45) is 2.35. The number of imide groups is 1. The fraction of sp³-hybridized carbons (Fsp3) is 0.448. The summed E-state index contributed by atoms with van der Waals surface area (Å²) < 4.78 is 0. The van der Waals surface area contributed by atoms with Crippen molar-refractivity contribution in [3.63, 3.8) is 0 Å². The zero-order valence-corrected chi connectivity index (χ0v) is 21.5. The Bertz CT molecular complexity index is 1130. The highest BCUT2D eigenvalue weighted by molar-refractivity contribution is 6.21. The number of hydroxylamine groups is 1. The molecule has 2 N–H and O–H groups in total. The van der Waals surface area contributed by atoms with E-state index >= 15 is 0 Å². The van der Waals surface area contributed by atoms with Gasteiger partial charge in [-0.1, -0.05) is 56.3 Å². The summed E-state index contributed by atoms with van der Waals surface area (Å²) in [5.74, 6) is -1.47. The second-order valence-corrected chi connectivity index (χ2v) is 10.6. The third-order valence-corrected chi connectivity index (χ3v) is 7.62. The molecule has 4 rings (SSSR count). The van der Waals surface area contributed by atoms with Crippen molar-refractivity contribution < 1.29 is 24.4 Å². The van der Waals surface area contributed by atoms with Gasteiger partial charge in [-0.05, 0) is 55.2 Å². The lowest BCUT2D eigenvalue weighted by atomic mass is 9.68. The molecule has 0 aliphatic carbocycles. The maximum absolute atomic E-state index is 13.9. The average Bonchev–Trinajstić information content (AvgIpc) is 3.28. The average molecular weight is 506 g/mol. The number of benzene rings is 2. The van der Waals surface area contributed by atoms with Crippen LogP contribution < -0.4 is 5.48 Å². The summed E-state index contributed by atoms with van der Waals surface area (Å²) in [4.78, 5) is 55.2. The summed E-state index contributed by atoms with van der Waals surface area (Å²) in [7, 11) is 0. The zero-order chi connectivity index (χ0) is 26.6. The summed E-state index contributed by atoms with van der Waals surface area (Å²) in [5, 5.41) is 9.30. The number of carbonyl (C=O) groups excluding carboxylic acids is 4. The lowest BCUT2D eigenvalue weighted by Crippen LogP contribution is -2.43. The number of nitrogens with zero attached hydrogens (tertiary/aromatic N) is 2. The fourth-order valence-corrected chi connectivity index (χ4v) is 6.02. The standard InChI is InChI=1S/C29H35N3O5/c1-20(2)17-29(18-25(33)30-37)22(14-16-32-26(34)23-12-6-7-13-24(23)27(32)35)19-31(28(29)36)15-8-11-21-9-4-3-5-10-21/h3-7,9-10,12-13,20,22,37H,8,11,14-19H2,1-2H3,(H,30,33). The van der Waals surface area contributed by atoms with Crippen molar-refractivity contribution in [1.82, 2.24) is 15.3 Å². The quantitative estimate of drug-likeness (QED) is 0.275. The van der Waals surface area contributed by atoms with E-state index in [4.69, 9.17) is 0 Å². The minimum absolute atomic E-state index is 0.0924. The van der Waals surface area contributed by atoms with Gasteiger partial charge in [-0.3, -0.25) is 29.3 Å². The summed E-state index contributed by atoms with van der Waals surface area (Å²) in [6.45, 7) is 5.18. The molecule has 37 heavy (non-hydrogen) atoms. The topological polar surface area (TPSA) is 107 Å². The minimum Gasteiger partial charge on any atom is -0.342 e. The van der Waals surface area contributed by atoms with Gasteiger partial charge in [0, 0.05) is 26.1 Å². The predicted molar refractivity (Wildman–Crippen MR) is 138 cm³/mol. The van der Waals surface area contributed by atoms with Crippen LogP contribution in [-0.2, 0) is 16.0 Å². The number of hydrogen-bond donors (Lipinski definition) is 2. The number of fused-ring (bicyclic) bond motifs is 1. The van der Waals surface area contributed by atoms with Gasteiger partial charge in [-0.25, -0.2) is 5.48 Å². The molecule has 8 heteroatoms. The zero-order valence-electron chi connectivity index (χ0n) is 21.5. The second kappa shape index (κ2) is 11.3. The van der Waals surface area contributed by atoms with E-state index in [1.165, 1.54) is 10.5 Å². The molecule has 2 unspecified atom stereocenters. The highest BCUT2D eigenvalue weighted by Gasteiger charge is 2.54. The first kappa shape index (κ1) is 26.5. The van der Waals surface area contributed by atoms with E-state index in [9.17, 15) is 24.4 Å². The molecular weight excluding hydrogens is 470 g/mol. The molecule has 0 saturated carbocycles. The van der Waals surface area contributed by atoms with Crippen molar-refractivity contribution in [3.05, 3.63) is 71.3 Å². The smallest absolute Gasteiger partial charge is 0.261 e. The Hall–Kier alpha value is -3.52. The summed E-state index contributed by atoms with van der Waals surface area (Å²) in [6, 6.07) is 16.8. The SMILES string of the molecule is CC(C)CC1(CC(=O)NO)C(=O)N(CCCc2ccccc2)CC1CCN1C(=O)c2ccccc2C1=O. The molecular formula is C29H35N3O5. The molecule has 1 fully saturated rings. The first-order chi connectivity index (χ1) is 17.8. The molecule has 0 bridgehead atoms. The maximum Gasteiger partial charge on any atom is 0.261 e. The molecule has 2 atom stereocenters. The maximum atomic E-state index is 13.9. The Labute approximate surface area is 217 Å². The van der Waals surface area contributed by atoms with Crippen molar-refractivity contribution in [2.75, 3.05) is 19.6 Å². The molecule has 0 aromatic heterocycles. The van der Waals surface area contributed by atoms with E-state index in [1.54, 1.807) is 29.7 Å². The van der Waals surface area contributed by atoms with Crippen LogP contribution in [0, 0.1) is 17.3 Å². The number of likely N-dealkylation sites (tertiary alicyclic amines) is 1. The molecule has 2 aliphatic heterocycles. The Morgan fingerprint density at radius 2 is 1.62 bits per heavy atom. The third-order valence-electron chi connectivity index (χ3n) is 7.62. The summed E-state index contributed by atoms with van der Waals surface area (Å²) in [5.41, 5.74) is 2.68. The Morgan fingerprint density at radius 1 is 1.00 bits per heavy atom. The van der Waals surface area contributed by atoms with Crippen molar-refractivity contribution in [1.29, 1.82) is 0 Å². The molecule has 2 aromatic rings. The molecule has 8 nitrogen and oxygen atoms in total. The van der Waals surface area contributed by atoms with Crippen molar-refractivity contribution >= 4 is 23.6 Å². The van der Waals surface area contributed by atoms with Gasteiger partial charge in [0.05, 0.1) is 16.5 Å². The number of carbonyl (C=O) groups is 4. The van der Waals surface area contributed by atoms with Gasteiger partial charge < -0.3 is 4.90 Å². The van der Waals surface area contributed by atoms with Crippen molar-refractivity contribution in [2.45, 2.75) is 46.0 Å². The van der Waals surface area contributed by atoms with Crippen molar-refractivity contribution in [2.24, 2.45) is 17.3 Å². The Morgan fingerprint density at radius 3 is 2.22 bits per heavy atom. The van der Waals surface area contributed by atoms with Crippen LogP contribution in [0.1, 0.15) is 65.8 Å². The van der Waals surface area contributed by atoms with E-state index in [2.05, 4.69) is 12.1 Å². The number of amides is 4. The van der Waals surface area contributed by atoms with Crippen LogP contribution in [0.5, 0.6) is 0 Å². The lowest BCUT2D eigenvalue weighted by molar-refractivity contribution is -0.144. The monoisotopic (exact) mass is 505 g/mol. The van der Waals surface area contributed by atoms with Gasteiger partial charge in [-0.2, -0.15) is 0 Å². The molecule has 0 radical (unpaired) electrons. The van der Waals surface area contributed by atoms with Gasteiger partial charge in [0.15, 0.2) is 0 Å². The van der Waals surface area contributed by atoms with E-state index in [0.717, 1.165) is 12.8 Å². The lowest BCUT2D eigenvalue weighted by Gasteiger charge is -2.34. The van der Waals surface area contributed by atoms with Crippen LogP contribution in [0.25, 0.3) is 0 Å². The number of aryl methyl sites for hydroxylation is 1. The molecule has 2 aromatic carbocycles. The van der Waals surface area contributed by atoms with E-state index in [-0.39, 0.29) is 42.5 Å². The normalized spacial score (nSPS) is 21.2. The van der Waals surface area contributed by atoms with E-state index in [0.29, 0.717) is 37.1 Å². The van der Waals surface area contributed by atoms with Crippen LogP contribution in [0.4, 0.5) is 0 Å². The van der Waals surface area contributed by atoms with Crippen LogP contribution in [0.2, 0.25) is 0 Å². The van der Waals surface area contributed by atoms with Crippen LogP contribution in [-0.4, -0.2) is 58.3 Å². The number of nitrogens with one attached hydrogen (secondary N) is 1. The van der Waals surface area contributed by atoms with Crippen molar-refractivity contribution in [3.8, 4) is 0 Å². The highest BCUT2D eigenvalue weighted by atomic mass is 16.5. The first-order valence-corrected chi connectivity index (χ1v) is 13.0. The van der Waals surface area contributed by atoms with Crippen LogP contribution in [0.15, 0.2) is 54.6 Å². The van der Waals surface area contributed by atoms with E-state index < -0.39 is 11.3 Å². The molecule has 2 aliphatic rings. The summed E-state index contributed by atoms with van der Waals surface area (Å²) >= 11 is 0. The van der Waals surface area contributed by atoms with E-state index in [1.807, 2.05) is 36.9 Å². The molecule has 2 heterocycles. The Kier molecular flexibility index (Phi) is 8.07. The third kappa shape index (κ3) is 5.44. The van der Waals surface area contributed by atoms with Gasteiger partial charge in [0.1, 0.15) is 0 Å². The fourth-order valence-electron chi connectivity index (χ4n) is 6.02. The predicted octanol–water partition coefficient (Wildman–Crippen LogP) is 3.69. The van der Waals surface area contributed by atoms with Crippen LogP contribution >= 0.6 is 0 Å². The molecule has 196 valence electrons. The molecule has 1 saturated heterocycles. The highest BCUT2D eigenvalue weighted by Crippen LogP contribution is 2.47. The van der Waals surface area contributed by atoms with Gasteiger partial charge in [0.2, 0.25) is 11.8 Å². The van der Waals surface area contributed by atoms with Gasteiger partial charge >= 0.3 is 0 Å². The second-order valence-electron chi connectivity index (χ2n) is 10.6.